The summed E-state index contributed by atoms with van der Waals surface area (Å²) in [7, 11) is 3.36. The van der Waals surface area contributed by atoms with Gasteiger partial charge in [-0.25, -0.2) is 0 Å². The van der Waals surface area contributed by atoms with Gasteiger partial charge in [0.1, 0.15) is 5.75 Å². The van der Waals surface area contributed by atoms with Crippen molar-refractivity contribution in [1.29, 1.82) is 0 Å². The number of carbonyl (C=O) groups excluding carboxylic acids is 1. The van der Waals surface area contributed by atoms with Crippen molar-refractivity contribution in [3.8, 4) is 5.75 Å². The second kappa shape index (κ2) is 14.4. The van der Waals surface area contributed by atoms with Gasteiger partial charge in [-0.05, 0) is 25.0 Å². The van der Waals surface area contributed by atoms with E-state index in [1.165, 1.54) is 19.3 Å². The van der Waals surface area contributed by atoms with E-state index < -0.39 is 0 Å². The second-order valence-corrected chi connectivity index (χ2v) is 6.68. The van der Waals surface area contributed by atoms with E-state index >= 15 is 0 Å². The molecular formula is C20H33IN4O3. The van der Waals surface area contributed by atoms with Gasteiger partial charge in [0, 0.05) is 45.0 Å². The van der Waals surface area contributed by atoms with E-state index in [9.17, 15) is 4.79 Å². The molecule has 1 aliphatic rings. The van der Waals surface area contributed by atoms with Crippen LogP contribution in [0.4, 0.5) is 5.69 Å². The molecule has 7 nitrogen and oxygen atoms in total. The molecule has 0 spiro atoms. The topological polar surface area (TPSA) is 84.0 Å². The number of halogens is 1. The van der Waals surface area contributed by atoms with Gasteiger partial charge in [0.05, 0.1) is 13.2 Å². The number of carbonyl (C=O) groups is 1. The molecule has 8 heteroatoms. The number of guanidine groups is 1. The molecular weight excluding hydrogens is 471 g/mol. The molecule has 0 unspecified atom stereocenters. The minimum atomic E-state index is 0. The van der Waals surface area contributed by atoms with E-state index in [0.29, 0.717) is 25.2 Å². The maximum Gasteiger partial charge on any atom is 0.239 e. The van der Waals surface area contributed by atoms with Gasteiger partial charge in [-0.2, -0.15) is 0 Å². The molecule has 0 aromatic heterocycles. The van der Waals surface area contributed by atoms with E-state index in [4.69, 9.17) is 9.47 Å². The average Bonchev–Trinajstić information content (AvgIpc) is 2.69. The van der Waals surface area contributed by atoms with Gasteiger partial charge in [-0.1, -0.05) is 25.3 Å². The highest BCUT2D eigenvalue weighted by Gasteiger charge is 2.15. The molecule has 28 heavy (non-hydrogen) atoms. The fourth-order valence-electron chi connectivity index (χ4n) is 3.06. The predicted molar refractivity (Wildman–Crippen MR) is 124 cm³/mol. The first-order chi connectivity index (χ1) is 13.2. The van der Waals surface area contributed by atoms with Crippen LogP contribution >= 0.6 is 24.0 Å². The third-order valence-electron chi connectivity index (χ3n) is 4.47. The summed E-state index contributed by atoms with van der Waals surface area (Å²) in [6.45, 7) is 1.48. The monoisotopic (exact) mass is 504 g/mol. The summed E-state index contributed by atoms with van der Waals surface area (Å²) in [5.74, 6) is 1.33. The number of methoxy groups -OCH3 is 1. The molecule has 0 heterocycles. The summed E-state index contributed by atoms with van der Waals surface area (Å²) in [5, 5.41) is 9.33. The van der Waals surface area contributed by atoms with Crippen molar-refractivity contribution in [2.45, 2.75) is 44.6 Å². The van der Waals surface area contributed by atoms with Crippen molar-refractivity contribution in [2.24, 2.45) is 4.99 Å². The highest BCUT2D eigenvalue weighted by molar-refractivity contribution is 14.0. The number of ether oxygens (including phenoxy) is 2. The minimum Gasteiger partial charge on any atom is -0.493 e. The zero-order valence-electron chi connectivity index (χ0n) is 16.8. The SMILES string of the molecule is CN=C(NCC(=O)NC1CCCCC1)Nc1cccc(OCCCOC)c1.I. The van der Waals surface area contributed by atoms with Crippen LogP contribution < -0.4 is 20.7 Å². The van der Waals surface area contributed by atoms with Crippen LogP contribution in [0.15, 0.2) is 29.3 Å². The van der Waals surface area contributed by atoms with Gasteiger partial charge in [0.15, 0.2) is 5.96 Å². The number of aliphatic imine (C=N–C) groups is 1. The van der Waals surface area contributed by atoms with Gasteiger partial charge in [0.25, 0.3) is 0 Å². The summed E-state index contributed by atoms with van der Waals surface area (Å²) >= 11 is 0. The van der Waals surface area contributed by atoms with E-state index in [1.807, 2.05) is 24.3 Å². The van der Waals surface area contributed by atoms with Crippen LogP contribution in [0.2, 0.25) is 0 Å². The lowest BCUT2D eigenvalue weighted by Gasteiger charge is -2.23. The van der Waals surface area contributed by atoms with Crippen molar-refractivity contribution < 1.29 is 14.3 Å². The number of anilines is 1. The molecule has 2 rings (SSSR count). The van der Waals surface area contributed by atoms with Gasteiger partial charge in [-0.15, -0.1) is 24.0 Å². The number of hydrogen-bond acceptors (Lipinski definition) is 4. The molecule has 0 bridgehead atoms. The quantitative estimate of drug-likeness (QED) is 0.208. The molecule has 0 atom stereocenters. The molecule has 3 N–H and O–H groups in total. The van der Waals surface area contributed by atoms with Crippen LogP contribution in [0.1, 0.15) is 38.5 Å². The summed E-state index contributed by atoms with van der Waals surface area (Å²) < 4.78 is 10.7. The zero-order valence-corrected chi connectivity index (χ0v) is 19.2. The van der Waals surface area contributed by atoms with Gasteiger partial charge in [0.2, 0.25) is 5.91 Å². The highest BCUT2D eigenvalue weighted by atomic mass is 127. The second-order valence-electron chi connectivity index (χ2n) is 6.68. The number of nitrogens with one attached hydrogen (secondary N) is 3. The molecule has 1 saturated carbocycles. The van der Waals surface area contributed by atoms with Crippen LogP contribution in [0, 0.1) is 0 Å². The van der Waals surface area contributed by atoms with Gasteiger partial charge < -0.3 is 25.4 Å². The highest BCUT2D eigenvalue weighted by Crippen LogP contribution is 2.18. The molecule has 0 aliphatic heterocycles. The zero-order chi connectivity index (χ0) is 19.3. The lowest BCUT2D eigenvalue weighted by molar-refractivity contribution is -0.120. The predicted octanol–water partition coefficient (Wildman–Crippen LogP) is 3.16. The van der Waals surface area contributed by atoms with Gasteiger partial charge in [-0.3, -0.25) is 9.79 Å². The Kier molecular flexibility index (Phi) is 12.6. The molecule has 158 valence electrons. The third kappa shape index (κ3) is 9.59. The Morgan fingerprint density at radius 3 is 2.71 bits per heavy atom. The van der Waals surface area contributed by atoms with Crippen LogP contribution in [-0.4, -0.2) is 51.8 Å². The smallest absolute Gasteiger partial charge is 0.239 e. The Morgan fingerprint density at radius 2 is 2.00 bits per heavy atom. The summed E-state index contributed by atoms with van der Waals surface area (Å²) in [4.78, 5) is 16.3. The fraction of sp³-hybridized carbons (Fsp3) is 0.600. The first-order valence-corrected chi connectivity index (χ1v) is 9.70. The van der Waals surface area contributed by atoms with E-state index in [1.54, 1.807) is 14.2 Å². The van der Waals surface area contributed by atoms with Crippen molar-refractivity contribution in [3.63, 3.8) is 0 Å². The van der Waals surface area contributed by atoms with E-state index in [2.05, 4.69) is 20.9 Å². The van der Waals surface area contributed by atoms with Crippen molar-refractivity contribution in [3.05, 3.63) is 24.3 Å². The van der Waals surface area contributed by atoms with Crippen molar-refractivity contribution in [2.75, 3.05) is 39.2 Å². The average molecular weight is 504 g/mol. The number of rotatable bonds is 9. The fourth-order valence-corrected chi connectivity index (χ4v) is 3.06. The van der Waals surface area contributed by atoms with Crippen LogP contribution in [0.3, 0.4) is 0 Å². The number of amides is 1. The molecule has 1 aromatic rings. The largest absolute Gasteiger partial charge is 0.493 e. The molecule has 0 saturated heterocycles. The Bertz CT molecular complexity index is 607. The molecule has 1 aromatic carbocycles. The normalized spacial score (nSPS) is 14.7. The van der Waals surface area contributed by atoms with Crippen molar-refractivity contribution in [1.82, 2.24) is 10.6 Å². The lowest BCUT2D eigenvalue weighted by Crippen LogP contribution is -2.44. The summed E-state index contributed by atoms with van der Waals surface area (Å²) in [6, 6.07) is 7.97. The molecule has 1 aliphatic carbocycles. The Morgan fingerprint density at radius 1 is 1.21 bits per heavy atom. The minimum absolute atomic E-state index is 0. The number of hydrogen-bond donors (Lipinski definition) is 3. The Balaban J connectivity index is 0.00000392. The molecule has 1 fully saturated rings. The Labute approximate surface area is 185 Å². The van der Waals surface area contributed by atoms with Crippen LogP contribution in [0.5, 0.6) is 5.75 Å². The van der Waals surface area contributed by atoms with Gasteiger partial charge >= 0.3 is 0 Å². The van der Waals surface area contributed by atoms with E-state index in [-0.39, 0.29) is 36.4 Å². The van der Waals surface area contributed by atoms with Crippen LogP contribution in [0.25, 0.3) is 0 Å². The lowest BCUT2D eigenvalue weighted by atomic mass is 9.95. The summed E-state index contributed by atoms with van der Waals surface area (Å²) in [5.41, 5.74) is 0.847. The summed E-state index contributed by atoms with van der Waals surface area (Å²) in [6.07, 6.45) is 6.67. The first-order valence-electron chi connectivity index (χ1n) is 9.70. The van der Waals surface area contributed by atoms with Crippen molar-refractivity contribution >= 4 is 41.5 Å². The Hall–Kier alpha value is -1.55. The third-order valence-corrected chi connectivity index (χ3v) is 4.47. The van der Waals surface area contributed by atoms with Crippen LogP contribution in [-0.2, 0) is 9.53 Å². The number of benzene rings is 1. The standard InChI is InChI=1S/C20H32N4O3.HI/c1-21-20(22-15-19(25)23-16-8-4-3-5-9-16)24-17-10-6-11-18(14-17)27-13-7-12-26-2;/h6,10-11,14,16H,3-5,7-9,12-13,15H2,1-2H3,(H,23,25)(H2,21,22,24);1H. The number of nitrogens with zero attached hydrogens (tertiary/aromatic N) is 1. The first kappa shape index (κ1) is 24.5. The van der Waals surface area contributed by atoms with E-state index in [0.717, 1.165) is 30.7 Å². The maximum absolute atomic E-state index is 12.1. The maximum atomic E-state index is 12.1. The molecule has 0 radical (unpaired) electrons. The molecule has 1 amide bonds.